The molecule has 0 nitrogen and oxygen atoms in total. The third-order valence-corrected chi connectivity index (χ3v) is 23.0. The molecule has 1 aliphatic carbocycles. The molecular formula is C45H36Si2. The lowest BCUT2D eigenvalue weighted by molar-refractivity contribution is 1.04. The van der Waals surface area contributed by atoms with E-state index in [9.17, 15) is 0 Å². The van der Waals surface area contributed by atoms with Gasteiger partial charge in [0.2, 0.25) is 0 Å². The standard InChI is InChI=1S/C45H36Si2/c1-7-22-38(23-8-1)46(39-24-9-2-10-25-39,40-26-11-3-12-27-40)45(36-35-37-21-19-20-34-44(37)45)47(41-28-13-4-14-29-41,42-30-15-5-16-31-42)43-32-17-6-18-33-43/h1-36H. The summed E-state index contributed by atoms with van der Waals surface area (Å²) in [6, 6.07) is 78.3. The first-order valence-electron chi connectivity index (χ1n) is 16.5. The van der Waals surface area contributed by atoms with Crippen molar-refractivity contribution in [3.63, 3.8) is 0 Å². The van der Waals surface area contributed by atoms with E-state index < -0.39 is 20.8 Å². The summed E-state index contributed by atoms with van der Waals surface area (Å²) in [7, 11) is -6.20. The third kappa shape index (κ3) is 4.26. The molecule has 8 rings (SSSR count). The number of allylic oxidation sites excluding steroid dienone is 1. The maximum absolute atomic E-state index is 3.10. The molecule has 224 valence electrons. The van der Waals surface area contributed by atoms with Crippen LogP contribution in [0.3, 0.4) is 0 Å². The zero-order chi connectivity index (χ0) is 31.6. The number of hydrogen-bond acceptors (Lipinski definition) is 0. The van der Waals surface area contributed by atoms with Crippen LogP contribution >= 0.6 is 0 Å². The lowest BCUT2D eigenvalue weighted by Crippen LogP contribution is -2.91. The first-order chi connectivity index (χ1) is 23.3. The molecule has 2 heteroatoms. The predicted molar refractivity (Wildman–Crippen MR) is 205 cm³/mol. The van der Waals surface area contributed by atoms with E-state index in [-0.39, 0.29) is 0 Å². The van der Waals surface area contributed by atoms with E-state index in [1.54, 1.807) is 0 Å². The molecule has 7 aromatic carbocycles. The highest BCUT2D eigenvalue weighted by Gasteiger charge is 2.70. The highest BCUT2D eigenvalue weighted by Crippen LogP contribution is 2.48. The Balaban J connectivity index is 1.71. The van der Waals surface area contributed by atoms with Crippen LogP contribution in [0.2, 0.25) is 0 Å². The number of benzene rings is 7. The van der Waals surface area contributed by atoms with Gasteiger partial charge in [-0.2, -0.15) is 0 Å². The molecule has 0 unspecified atom stereocenters. The molecule has 47 heavy (non-hydrogen) atoms. The van der Waals surface area contributed by atoms with Crippen molar-refractivity contribution >= 4 is 53.3 Å². The van der Waals surface area contributed by atoms with Crippen molar-refractivity contribution in [3.8, 4) is 0 Å². The van der Waals surface area contributed by atoms with E-state index in [1.165, 1.54) is 42.2 Å². The number of hydrogen-bond donors (Lipinski definition) is 0. The summed E-state index contributed by atoms with van der Waals surface area (Å²) in [4.78, 5) is 0. The summed E-state index contributed by atoms with van der Waals surface area (Å²) in [5, 5.41) is 8.49. The molecule has 0 radical (unpaired) electrons. The molecule has 0 fully saturated rings. The van der Waals surface area contributed by atoms with E-state index >= 15 is 0 Å². The van der Waals surface area contributed by atoms with Gasteiger partial charge < -0.3 is 0 Å². The Bertz CT molecular complexity index is 1790. The van der Waals surface area contributed by atoms with Crippen LogP contribution in [0.15, 0.2) is 212 Å². The molecule has 0 saturated heterocycles. The Labute approximate surface area is 280 Å². The summed E-state index contributed by atoms with van der Waals surface area (Å²) in [6.45, 7) is 0. The Morgan fingerprint density at radius 1 is 0.277 bits per heavy atom. The van der Waals surface area contributed by atoms with Gasteiger partial charge in [0.05, 0.1) is 0 Å². The van der Waals surface area contributed by atoms with Gasteiger partial charge in [-0.25, -0.2) is 0 Å². The van der Waals surface area contributed by atoms with Crippen molar-refractivity contribution in [2.75, 3.05) is 0 Å². The molecule has 0 N–H and O–H groups in total. The summed E-state index contributed by atoms with van der Waals surface area (Å²) in [6.07, 6.45) is 5.12. The second-order valence-corrected chi connectivity index (χ2v) is 21.0. The monoisotopic (exact) mass is 632 g/mol. The van der Waals surface area contributed by atoms with Crippen molar-refractivity contribution in [3.05, 3.63) is 223 Å². The van der Waals surface area contributed by atoms with E-state index in [0.717, 1.165) is 0 Å². The van der Waals surface area contributed by atoms with Gasteiger partial charge in [0.15, 0.2) is 16.1 Å². The van der Waals surface area contributed by atoms with Gasteiger partial charge in [-0.3, -0.25) is 0 Å². The molecule has 0 atom stereocenters. The normalized spacial score (nSPS) is 13.6. The molecule has 1 aliphatic rings. The van der Waals surface area contributed by atoms with Crippen LogP contribution in [0.4, 0.5) is 0 Å². The topological polar surface area (TPSA) is 0 Å². The molecule has 0 heterocycles. The van der Waals surface area contributed by atoms with E-state index in [0.29, 0.717) is 0 Å². The fourth-order valence-corrected chi connectivity index (χ4v) is 24.4. The second kappa shape index (κ2) is 12.1. The van der Waals surface area contributed by atoms with Gasteiger partial charge in [0, 0.05) is 4.66 Å². The fourth-order valence-electron chi connectivity index (χ4n) is 8.74. The minimum Gasteiger partial charge on any atom is -0.0767 e. The minimum absolute atomic E-state index is 0.426. The van der Waals surface area contributed by atoms with Gasteiger partial charge >= 0.3 is 0 Å². The molecule has 0 spiro atoms. The summed E-state index contributed by atoms with van der Waals surface area (Å²) in [5.74, 6) is 0. The maximum Gasteiger partial charge on any atom is 0.160 e. The van der Waals surface area contributed by atoms with Crippen molar-refractivity contribution in [2.24, 2.45) is 0 Å². The van der Waals surface area contributed by atoms with Crippen LogP contribution in [0.25, 0.3) is 6.08 Å². The SMILES string of the molecule is C1=CC([Si](c2ccccc2)(c2ccccc2)c2ccccc2)([Si](c2ccccc2)(c2ccccc2)c2ccccc2)c2ccccc21. The van der Waals surface area contributed by atoms with Crippen LogP contribution in [0.5, 0.6) is 0 Å². The van der Waals surface area contributed by atoms with Crippen molar-refractivity contribution in [1.82, 2.24) is 0 Å². The van der Waals surface area contributed by atoms with Crippen molar-refractivity contribution < 1.29 is 0 Å². The Kier molecular flexibility index (Phi) is 7.53. The zero-order valence-electron chi connectivity index (χ0n) is 26.3. The molecule has 0 saturated carbocycles. The van der Waals surface area contributed by atoms with Gasteiger partial charge in [-0.05, 0) is 42.2 Å². The second-order valence-electron chi connectivity index (χ2n) is 12.4. The van der Waals surface area contributed by atoms with Gasteiger partial charge in [-0.1, -0.05) is 218 Å². The average molecular weight is 633 g/mol. The maximum atomic E-state index is 2.68. The number of rotatable bonds is 8. The Morgan fingerprint density at radius 3 is 0.830 bits per heavy atom. The highest BCUT2D eigenvalue weighted by molar-refractivity contribution is 7.29. The van der Waals surface area contributed by atoms with Crippen molar-refractivity contribution in [1.29, 1.82) is 0 Å². The minimum atomic E-state index is -3.10. The van der Waals surface area contributed by atoms with Gasteiger partial charge in [-0.15, -0.1) is 0 Å². The molecule has 0 bridgehead atoms. The summed E-state index contributed by atoms with van der Waals surface area (Å²) in [5.41, 5.74) is 2.73. The van der Waals surface area contributed by atoms with E-state index in [1.807, 2.05) is 0 Å². The van der Waals surface area contributed by atoms with Crippen molar-refractivity contribution in [2.45, 2.75) is 4.66 Å². The molecule has 0 amide bonds. The number of fused-ring (bicyclic) bond motifs is 1. The van der Waals surface area contributed by atoms with Gasteiger partial charge in [0.25, 0.3) is 0 Å². The largest absolute Gasteiger partial charge is 0.160 e. The Morgan fingerprint density at radius 2 is 0.532 bits per heavy atom. The quantitative estimate of drug-likeness (QED) is 0.135. The van der Waals surface area contributed by atoms with Crippen LogP contribution in [0, 0.1) is 0 Å². The fraction of sp³-hybridized carbons (Fsp3) is 0.0222. The first-order valence-corrected chi connectivity index (χ1v) is 20.5. The highest BCUT2D eigenvalue weighted by atomic mass is 28.4. The van der Waals surface area contributed by atoms with Gasteiger partial charge in [0.1, 0.15) is 0 Å². The zero-order valence-corrected chi connectivity index (χ0v) is 28.3. The first kappa shape index (κ1) is 29.1. The van der Waals surface area contributed by atoms with Crippen LogP contribution in [0.1, 0.15) is 11.1 Å². The molecule has 7 aromatic rings. The lowest BCUT2D eigenvalue weighted by atomic mass is 10.1. The molecule has 0 aromatic heterocycles. The molecular weight excluding hydrogens is 597 g/mol. The average Bonchev–Trinajstić information content (AvgIpc) is 3.56. The smallest absolute Gasteiger partial charge is 0.0767 e. The lowest BCUT2D eigenvalue weighted by Gasteiger charge is -2.58. The molecule has 0 aliphatic heterocycles. The third-order valence-electron chi connectivity index (χ3n) is 10.3. The predicted octanol–water partition coefficient (Wildman–Crippen LogP) is 6.37. The Hall–Kier alpha value is -5.29. The van der Waals surface area contributed by atoms with E-state index in [4.69, 9.17) is 0 Å². The van der Waals surface area contributed by atoms with Crippen LogP contribution in [-0.4, -0.2) is 16.1 Å². The van der Waals surface area contributed by atoms with Crippen LogP contribution in [-0.2, 0) is 4.66 Å². The summed E-state index contributed by atoms with van der Waals surface area (Å²) >= 11 is 0. The summed E-state index contributed by atoms with van der Waals surface area (Å²) < 4.78 is -0.426. The van der Waals surface area contributed by atoms with E-state index in [2.05, 4.69) is 218 Å². The van der Waals surface area contributed by atoms with Crippen LogP contribution < -0.4 is 31.1 Å².